The molecule has 1 heterocycles. The maximum absolute atomic E-state index is 10.7. The number of esters is 2. The molecule has 72 valence electrons. The summed E-state index contributed by atoms with van der Waals surface area (Å²) >= 11 is 0. The first-order valence-electron chi connectivity index (χ1n) is 3.78. The Kier molecular flexibility index (Phi) is 2.67. The normalized spacial score (nSPS) is 23.5. The Morgan fingerprint density at radius 2 is 2.38 bits per heavy atom. The van der Waals surface area contributed by atoms with Gasteiger partial charge in [-0.15, -0.1) is 0 Å². The summed E-state index contributed by atoms with van der Waals surface area (Å²) in [5.74, 6) is -1.10. The summed E-state index contributed by atoms with van der Waals surface area (Å²) < 4.78 is 9.16. The second kappa shape index (κ2) is 3.57. The smallest absolute Gasteiger partial charge is 0.333 e. The third-order valence-corrected chi connectivity index (χ3v) is 1.61. The standard InChI is InChI=1S/C8H10O5/c1-4(12-5(2)9)6-3-7(10)13-8(6)11/h3-4,8,11H,1-2H3. The van der Waals surface area contributed by atoms with Crippen LogP contribution in [0.15, 0.2) is 11.6 Å². The van der Waals surface area contributed by atoms with Crippen molar-refractivity contribution in [3.05, 3.63) is 11.6 Å². The first-order valence-corrected chi connectivity index (χ1v) is 3.78. The van der Waals surface area contributed by atoms with Crippen LogP contribution in [-0.4, -0.2) is 29.4 Å². The SMILES string of the molecule is CC(=O)OC(C)C1=CC(=O)OC1O. The minimum Gasteiger partial charge on any atom is -0.458 e. The molecule has 0 aromatic carbocycles. The highest BCUT2D eigenvalue weighted by atomic mass is 16.6. The molecule has 0 aromatic heterocycles. The maximum Gasteiger partial charge on any atom is 0.333 e. The summed E-state index contributed by atoms with van der Waals surface area (Å²) in [6, 6.07) is 0. The average molecular weight is 186 g/mol. The Balaban J connectivity index is 2.66. The van der Waals surface area contributed by atoms with Crippen LogP contribution in [0.2, 0.25) is 0 Å². The fourth-order valence-corrected chi connectivity index (χ4v) is 1.05. The monoisotopic (exact) mass is 186 g/mol. The zero-order valence-corrected chi connectivity index (χ0v) is 7.31. The molecule has 1 aliphatic heterocycles. The van der Waals surface area contributed by atoms with Gasteiger partial charge in [0.05, 0.1) is 0 Å². The number of ether oxygens (including phenoxy) is 2. The van der Waals surface area contributed by atoms with Gasteiger partial charge in [-0.05, 0) is 6.92 Å². The van der Waals surface area contributed by atoms with E-state index in [-0.39, 0.29) is 5.57 Å². The summed E-state index contributed by atoms with van der Waals surface area (Å²) in [6.45, 7) is 2.81. The van der Waals surface area contributed by atoms with E-state index in [4.69, 9.17) is 9.84 Å². The van der Waals surface area contributed by atoms with Crippen molar-refractivity contribution in [3.8, 4) is 0 Å². The quantitative estimate of drug-likeness (QED) is 0.601. The summed E-state index contributed by atoms with van der Waals surface area (Å²) in [5, 5.41) is 9.14. The van der Waals surface area contributed by atoms with E-state index in [1.807, 2.05) is 0 Å². The lowest BCUT2D eigenvalue weighted by Gasteiger charge is -2.14. The minimum atomic E-state index is -1.29. The van der Waals surface area contributed by atoms with Crippen LogP contribution < -0.4 is 0 Å². The Morgan fingerprint density at radius 1 is 1.77 bits per heavy atom. The van der Waals surface area contributed by atoms with Gasteiger partial charge in [0.25, 0.3) is 0 Å². The number of rotatable bonds is 2. The number of cyclic esters (lactones) is 1. The van der Waals surface area contributed by atoms with Crippen molar-refractivity contribution >= 4 is 11.9 Å². The van der Waals surface area contributed by atoms with Gasteiger partial charge in [0.2, 0.25) is 6.29 Å². The molecule has 0 radical (unpaired) electrons. The maximum atomic E-state index is 10.7. The molecule has 0 aliphatic carbocycles. The predicted molar refractivity (Wildman–Crippen MR) is 41.4 cm³/mol. The van der Waals surface area contributed by atoms with Gasteiger partial charge >= 0.3 is 11.9 Å². The van der Waals surface area contributed by atoms with E-state index in [1.54, 1.807) is 6.92 Å². The largest absolute Gasteiger partial charge is 0.458 e. The predicted octanol–water partition coefficient (Wildman–Crippen LogP) is -0.260. The Bertz CT molecular complexity index is 268. The summed E-state index contributed by atoms with van der Waals surface area (Å²) in [4.78, 5) is 21.2. The van der Waals surface area contributed by atoms with Gasteiger partial charge < -0.3 is 14.6 Å². The van der Waals surface area contributed by atoms with Gasteiger partial charge in [-0.1, -0.05) is 0 Å². The molecular weight excluding hydrogens is 176 g/mol. The van der Waals surface area contributed by atoms with E-state index in [9.17, 15) is 9.59 Å². The highest BCUT2D eigenvalue weighted by Crippen LogP contribution is 2.18. The van der Waals surface area contributed by atoms with Crippen LogP contribution >= 0.6 is 0 Å². The van der Waals surface area contributed by atoms with E-state index in [1.165, 1.54) is 6.92 Å². The van der Waals surface area contributed by atoms with Crippen molar-refractivity contribution in [1.29, 1.82) is 0 Å². The molecule has 13 heavy (non-hydrogen) atoms. The molecule has 1 aliphatic rings. The molecule has 1 rings (SSSR count). The van der Waals surface area contributed by atoms with Crippen molar-refractivity contribution in [2.24, 2.45) is 0 Å². The van der Waals surface area contributed by atoms with E-state index >= 15 is 0 Å². The second-order valence-corrected chi connectivity index (χ2v) is 2.69. The number of aliphatic hydroxyl groups is 1. The van der Waals surface area contributed by atoms with Crippen molar-refractivity contribution in [1.82, 2.24) is 0 Å². The van der Waals surface area contributed by atoms with Gasteiger partial charge in [0.1, 0.15) is 6.10 Å². The van der Waals surface area contributed by atoms with Crippen LogP contribution in [0.25, 0.3) is 0 Å². The first-order chi connectivity index (χ1) is 6.00. The van der Waals surface area contributed by atoms with Crippen LogP contribution in [0.3, 0.4) is 0 Å². The van der Waals surface area contributed by atoms with E-state index in [2.05, 4.69) is 4.74 Å². The molecule has 5 nitrogen and oxygen atoms in total. The highest BCUT2D eigenvalue weighted by molar-refractivity contribution is 5.86. The molecule has 0 saturated heterocycles. The topological polar surface area (TPSA) is 72.8 Å². The van der Waals surface area contributed by atoms with Crippen LogP contribution in [0, 0.1) is 0 Å². The number of hydrogen-bond donors (Lipinski definition) is 1. The van der Waals surface area contributed by atoms with E-state index in [0.717, 1.165) is 6.08 Å². The lowest BCUT2D eigenvalue weighted by molar-refractivity contribution is -0.153. The van der Waals surface area contributed by atoms with Crippen molar-refractivity contribution in [2.45, 2.75) is 26.2 Å². The molecule has 0 saturated carbocycles. The Labute approximate surface area is 74.9 Å². The number of carbonyl (C=O) groups is 2. The lowest BCUT2D eigenvalue weighted by Crippen LogP contribution is -2.22. The van der Waals surface area contributed by atoms with Crippen molar-refractivity contribution < 1.29 is 24.2 Å². The average Bonchev–Trinajstić information content (AvgIpc) is 2.28. The molecule has 0 aromatic rings. The third kappa shape index (κ3) is 2.29. The zero-order chi connectivity index (χ0) is 10.0. The first kappa shape index (κ1) is 9.73. The molecule has 0 spiro atoms. The fraction of sp³-hybridized carbons (Fsp3) is 0.500. The Morgan fingerprint density at radius 3 is 2.77 bits per heavy atom. The number of carbonyl (C=O) groups excluding carboxylic acids is 2. The van der Waals surface area contributed by atoms with Crippen molar-refractivity contribution in [2.75, 3.05) is 0 Å². The molecule has 2 atom stereocenters. The van der Waals surface area contributed by atoms with Crippen LogP contribution in [-0.2, 0) is 19.1 Å². The molecule has 1 N–H and O–H groups in total. The number of hydrogen-bond acceptors (Lipinski definition) is 5. The molecule has 2 unspecified atom stereocenters. The third-order valence-electron chi connectivity index (χ3n) is 1.61. The van der Waals surface area contributed by atoms with Gasteiger partial charge in [-0.3, -0.25) is 4.79 Å². The minimum absolute atomic E-state index is 0.264. The van der Waals surface area contributed by atoms with Crippen molar-refractivity contribution in [3.63, 3.8) is 0 Å². The second-order valence-electron chi connectivity index (χ2n) is 2.69. The van der Waals surface area contributed by atoms with E-state index < -0.39 is 24.3 Å². The zero-order valence-electron chi connectivity index (χ0n) is 7.31. The summed E-state index contributed by atoms with van der Waals surface area (Å²) in [5.41, 5.74) is 0.264. The molecule has 0 fully saturated rings. The van der Waals surface area contributed by atoms with Gasteiger partial charge in [0, 0.05) is 18.6 Å². The molecular formula is C8H10O5. The lowest BCUT2D eigenvalue weighted by atomic mass is 10.1. The van der Waals surface area contributed by atoms with Gasteiger partial charge in [0.15, 0.2) is 0 Å². The fourth-order valence-electron chi connectivity index (χ4n) is 1.05. The number of aliphatic hydroxyl groups excluding tert-OH is 1. The van der Waals surface area contributed by atoms with Gasteiger partial charge in [-0.2, -0.15) is 0 Å². The van der Waals surface area contributed by atoms with E-state index in [0.29, 0.717) is 0 Å². The van der Waals surface area contributed by atoms with Crippen LogP contribution in [0.4, 0.5) is 0 Å². The summed E-state index contributed by atoms with van der Waals surface area (Å²) in [6.07, 6.45) is -0.807. The summed E-state index contributed by atoms with van der Waals surface area (Å²) in [7, 11) is 0. The highest BCUT2D eigenvalue weighted by Gasteiger charge is 2.29. The molecule has 0 amide bonds. The van der Waals surface area contributed by atoms with Gasteiger partial charge in [-0.25, -0.2) is 4.79 Å². The molecule has 0 bridgehead atoms. The van der Waals surface area contributed by atoms with Crippen LogP contribution in [0.5, 0.6) is 0 Å². The van der Waals surface area contributed by atoms with Crippen LogP contribution in [0.1, 0.15) is 13.8 Å². The molecule has 5 heteroatoms. The Hall–Kier alpha value is -1.36.